The summed E-state index contributed by atoms with van der Waals surface area (Å²) in [6.07, 6.45) is -0.904. The Hall–Kier alpha value is -5.30. The molecule has 6 heteroatoms. The van der Waals surface area contributed by atoms with E-state index >= 15 is 0 Å². The van der Waals surface area contributed by atoms with E-state index in [1.807, 2.05) is 12.1 Å². The van der Waals surface area contributed by atoms with Gasteiger partial charge in [0.25, 0.3) is 0 Å². The predicted octanol–water partition coefficient (Wildman–Crippen LogP) is 8.87. The highest BCUT2D eigenvalue weighted by atomic mass is 16.8. The first-order chi connectivity index (χ1) is 23.8. The topological polar surface area (TPSA) is 71.1 Å². The van der Waals surface area contributed by atoms with Crippen LogP contribution < -0.4 is 0 Å². The van der Waals surface area contributed by atoms with E-state index in [0.29, 0.717) is 0 Å². The van der Waals surface area contributed by atoms with E-state index in [0.717, 1.165) is 32.7 Å². The number of benzene rings is 8. The monoisotopic (exact) mass is 646 g/mol. The van der Waals surface area contributed by atoms with Crippen molar-refractivity contribution >= 4 is 76.6 Å². The smallest absolute Gasteiger partial charge is 0.310 e. The molecule has 6 nitrogen and oxygen atoms in total. The van der Waals surface area contributed by atoms with Crippen LogP contribution in [0, 0.1) is 0 Å². The van der Waals surface area contributed by atoms with E-state index in [1.165, 1.54) is 43.1 Å². The highest BCUT2D eigenvalue weighted by Gasteiger charge is 2.42. The van der Waals surface area contributed by atoms with Crippen molar-refractivity contribution in [2.75, 3.05) is 13.2 Å². The normalized spacial score (nSPS) is 17.7. The molecule has 1 aliphatic heterocycles. The van der Waals surface area contributed by atoms with Crippen molar-refractivity contribution in [3.05, 3.63) is 120 Å². The van der Waals surface area contributed by atoms with Gasteiger partial charge in [-0.25, -0.2) is 0 Å². The highest BCUT2D eigenvalue weighted by molar-refractivity contribution is 6.24. The average Bonchev–Trinajstić information content (AvgIpc) is 3.42. The maximum Gasteiger partial charge on any atom is 0.310 e. The molecule has 0 aromatic heterocycles. The Labute approximate surface area is 282 Å². The van der Waals surface area contributed by atoms with Crippen molar-refractivity contribution < 1.29 is 28.5 Å². The van der Waals surface area contributed by atoms with Crippen LogP contribution >= 0.6 is 0 Å². The molecule has 242 valence electrons. The summed E-state index contributed by atoms with van der Waals surface area (Å²) in [5, 5.41) is 13.9. The first-order valence-electron chi connectivity index (χ1n) is 16.8. The van der Waals surface area contributed by atoms with Gasteiger partial charge >= 0.3 is 11.9 Å². The van der Waals surface area contributed by atoms with Gasteiger partial charge in [0.05, 0.1) is 12.8 Å². The molecule has 0 N–H and O–H groups in total. The summed E-state index contributed by atoms with van der Waals surface area (Å²) in [4.78, 5) is 26.4. The quantitative estimate of drug-likeness (QED) is 0.121. The molecule has 0 unspecified atom stereocenters. The van der Waals surface area contributed by atoms with Gasteiger partial charge in [-0.05, 0) is 89.6 Å². The van der Waals surface area contributed by atoms with Crippen LogP contribution in [0.4, 0.5) is 0 Å². The van der Waals surface area contributed by atoms with Crippen molar-refractivity contribution in [1.29, 1.82) is 0 Å². The Balaban J connectivity index is 0.874. The van der Waals surface area contributed by atoms with Crippen molar-refractivity contribution in [3.63, 3.8) is 0 Å². The molecular formula is C43H34O6. The minimum absolute atomic E-state index is 0.00859. The standard InChI is InChI=1S/C43H34O6/c1-43(2)48-35(23-46-37(44)21-31-15-13-29-11-9-25-5-3-7-27-17-19-33(31)41(29)39(25)27)36(49-43)24-47-38(45)22-32-16-14-30-12-10-26-6-4-8-28-18-20-34(32)42(30)40(26)28/h3-20,35-36H,21-24H2,1-2H3/t35-,36-/m1/s1. The molecule has 0 saturated carbocycles. The minimum Gasteiger partial charge on any atom is -0.463 e. The van der Waals surface area contributed by atoms with Crippen LogP contribution in [-0.2, 0) is 41.4 Å². The fourth-order valence-corrected chi connectivity index (χ4v) is 7.85. The number of carbonyl (C=O) groups is 2. The molecule has 0 radical (unpaired) electrons. The largest absolute Gasteiger partial charge is 0.463 e. The van der Waals surface area contributed by atoms with E-state index in [-0.39, 0.29) is 38.0 Å². The van der Waals surface area contributed by atoms with Gasteiger partial charge in [0.2, 0.25) is 0 Å². The number of carbonyl (C=O) groups excluding carboxylic acids is 2. The summed E-state index contributed by atoms with van der Waals surface area (Å²) in [6, 6.07) is 37.7. The SMILES string of the molecule is CC1(C)O[C@H](COC(=O)Cc2ccc3ccc4cccc5ccc2c3c45)[C@@H](COC(=O)Cc2ccc3ccc4cccc5ccc2c3c45)O1. The first-order valence-corrected chi connectivity index (χ1v) is 16.8. The molecule has 2 atom stereocenters. The summed E-state index contributed by atoms with van der Waals surface area (Å²) in [5.74, 6) is -1.62. The zero-order valence-corrected chi connectivity index (χ0v) is 27.3. The van der Waals surface area contributed by atoms with Gasteiger partial charge in [-0.1, -0.05) is 109 Å². The molecule has 0 aliphatic carbocycles. The average molecular weight is 647 g/mol. The lowest BCUT2D eigenvalue weighted by Gasteiger charge is -2.18. The first kappa shape index (κ1) is 29.8. The van der Waals surface area contributed by atoms with Crippen LogP contribution in [0.15, 0.2) is 109 Å². The Bertz CT molecular complexity index is 2340. The Morgan fingerprint density at radius 2 is 0.857 bits per heavy atom. The number of esters is 2. The van der Waals surface area contributed by atoms with Crippen molar-refractivity contribution in [2.24, 2.45) is 0 Å². The highest BCUT2D eigenvalue weighted by Crippen LogP contribution is 2.38. The van der Waals surface area contributed by atoms with Crippen molar-refractivity contribution in [2.45, 2.75) is 44.7 Å². The lowest BCUT2D eigenvalue weighted by atomic mass is 9.91. The van der Waals surface area contributed by atoms with Crippen LogP contribution in [0.3, 0.4) is 0 Å². The minimum atomic E-state index is -0.910. The van der Waals surface area contributed by atoms with Gasteiger partial charge in [-0.2, -0.15) is 0 Å². The third kappa shape index (κ3) is 5.19. The summed E-state index contributed by atoms with van der Waals surface area (Å²) in [5.41, 5.74) is 1.83. The second-order valence-corrected chi connectivity index (χ2v) is 13.6. The molecule has 1 heterocycles. The fraction of sp³-hybridized carbons (Fsp3) is 0.209. The Kier molecular flexibility index (Phi) is 6.94. The summed E-state index contributed by atoms with van der Waals surface area (Å²) < 4.78 is 23.7. The van der Waals surface area contributed by atoms with Gasteiger partial charge < -0.3 is 18.9 Å². The van der Waals surface area contributed by atoms with Gasteiger partial charge in [-0.3, -0.25) is 9.59 Å². The third-order valence-corrected chi connectivity index (χ3v) is 10.0. The fourth-order valence-electron chi connectivity index (χ4n) is 7.85. The van der Waals surface area contributed by atoms with Crippen molar-refractivity contribution in [1.82, 2.24) is 0 Å². The molecule has 1 saturated heterocycles. The molecule has 49 heavy (non-hydrogen) atoms. The molecule has 0 bridgehead atoms. The second kappa shape index (κ2) is 11.4. The Morgan fingerprint density at radius 3 is 1.27 bits per heavy atom. The molecule has 0 amide bonds. The van der Waals surface area contributed by atoms with Gasteiger partial charge in [0.15, 0.2) is 5.79 Å². The van der Waals surface area contributed by atoms with E-state index in [2.05, 4.69) is 97.1 Å². The van der Waals surface area contributed by atoms with Crippen LogP contribution in [-0.4, -0.2) is 43.1 Å². The van der Waals surface area contributed by atoms with E-state index in [1.54, 1.807) is 13.8 Å². The predicted molar refractivity (Wildman–Crippen MR) is 193 cm³/mol. The number of rotatable bonds is 8. The molecule has 1 fully saturated rings. The summed E-state index contributed by atoms with van der Waals surface area (Å²) >= 11 is 0. The van der Waals surface area contributed by atoms with Gasteiger partial charge in [0.1, 0.15) is 25.4 Å². The third-order valence-electron chi connectivity index (χ3n) is 10.0. The number of ether oxygens (including phenoxy) is 4. The van der Waals surface area contributed by atoms with Crippen LogP contribution in [0.5, 0.6) is 0 Å². The van der Waals surface area contributed by atoms with Crippen LogP contribution in [0.2, 0.25) is 0 Å². The van der Waals surface area contributed by atoms with Crippen LogP contribution in [0.1, 0.15) is 25.0 Å². The number of hydrogen-bond acceptors (Lipinski definition) is 6. The summed E-state index contributed by atoms with van der Waals surface area (Å²) in [6.45, 7) is 3.59. The lowest BCUT2D eigenvalue weighted by molar-refractivity contribution is -0.163. The molecular weight excluding hydrogens is 612 g/mol. The second-order valence-electron chi connectivity index (χ2n) is 13.6. The van der Waals surface area contributed by atoms with E-state index in [4.69, 9.17) is 18.9 Å². The zero-order valence-electron chi connectivity index (χ0n) is 27.3. The maximum absolute atomic E-state index is 13.2. The zero-order chi connectivity index (χ0) is 33.3. The van der Waals surface area contributed by atoms with Gasteiger partial charge in [0, 0.05) is 0 Å². The molecule has 9 rings (SSSR count). The Morgan fingerprint density at radius 1 is 0.510 bits per heavy atom. The number of hydrogen-bond donors (Lipinski definition) is 0. The molecule has 8 aromatic carbocycles. The molecule has 8 aromatic rings. The van der Waals surface area contributed by atoms with Crippen LogP contribution in [0.25, 0.3) is 64.6 Å². The molecule has 1 aliphatic rings. The van der Waals surface area contributed by atoms with E-state index < -0.39 is 18.0 Å². The molecule has 0 spiro atoms. The summed E-state index contributed by atoms with van der Waals surface area (Å²) in [7, 11) is 0. The lowest BCUT2D eigenvalue weighted by Crippen LogP contribution is -2.33. The van der Waals surface area contributed by atoms with Gasteiger partial charge in [-0.15, -0.1) is 0 Å². The van der Waals surface area contributed by atoms with E-state index in [9.17, 15) is 9.59 Å². The maximum atomic E-state index is 13.2. The van der Waals surface area contributed by atoms with Crippen molar-refractivity contribution in [3.8, 4) is 0 Å².